The van der Waals surface area contributed by atoms with Crippen LogP contribution in [0.4, 0.5) is 0 Å². The highest BCUT2D eigenvalue weighted by atomic mass is 16.4. The van der Waals surface area contributed by atoms with Gasteiger partial charge in [-0.05, 0) is 72.6 Å². The van der Waals surface area contributed by atoms with Crippen LogP contribution in [0.1, 0.15) is 22.5 Å². The molecule has 0 amide bonds. The Labute approximate surface area is 246 Å². The van der Waals surface area contributed by atoms with Crippen LogP contribution in [0, 0.1) is 6.92 Å². The molecule has 0 fully saturated rings. The highest BCUT2D eigenvalue weighted by molar-refractivity contribution is 5.83. The predicted molar refractivity (Wildman–Crippen MR) is 162 cm³/mol. The largest absolute Gasteiger partial charge is 0.507 e. The summed E-state index contributed by atoms with van der Waals surface area (Å²) < 4.78 is 12.0. The first-order valence-electron chi connectivity index (χ1n) is 13.8. The van der Waals surface area contributed by atoms with Crippen LogP contribution >= 0.6 is 0 Å². The van der Waals surface area contributed by atoms with Gasteiger partial charge in [-0.25, -0.2) is 9.97 Å². The Morgan fingerprint density at radius 2 is 1.30 bits per heavy atom. The fourth-order valence-electron chi connectivity index (χ4n) is 5.16. The predicted octanol–water partition coefficient (Wildman–Crippen LogP) is 7.02. The molecule has 0 aliphatic carbocycles. The molecule has 0 spiro atoms. The summed E-state index contributed by atoms with van der Waals surface area (Å²) in [4.78, 5) is 20.5. The van der Waals surface area contributed by atoms with Crippen molar-refractivity contribution in [2.24, 2.45) is 0 Å². The molecule has 0 saturated heterocycles. The molecule has 0 bridgehead atoms. The van der Waals surface area contributed by atoms with Gasteiger partial charge in [0.05, 0.1) is 22.5 Å². The number of hydrogen-bond acceptors (Lipinski definition) is 9. The summed E-state index contributed by atoms with van der Waals surface area (Å²) in [6.45, 7) is 3.75. The lowest BCUT2D eigenvalue weighted by molar-refractivity contribution is 0.242. The van der Waals surface area contributed by atoms with Crippen molar-refractivity contribution in [1.82, 2.24) is 24.8 Å². The summed E-state index contributed by atoms with van der Waals surface area (Å²) in [7, 11) is 0. The van der Waals surface area contributed by atoms with Crippen LogP contribution in [0.25, 0.3) is 45.1 Å². The number of hydrogen-bond donors (Lipinski definition) is 2. The number of phenols is 2. The van der Waals surface area contributed by atoms with E-state index in [2.05, 4.69) is 19.9 Å². The maximum Gasteiger partial charge on any atom is 0.231 e. The molecular formula is C34H27N5O4. The van der Waals surface area contributed by atoms with Gasteiger partial charge in [-0.15, -0.1) is 0 Å². The average molecular weight is 570 g/mol. The van der Waals surface area contributed by atoms with Crippen LogP contribution < -0.4 is 0 Å². The molecule has 9 nitrogen and oxygen atoms in total. The van der Waals surface area contributed by atoms with Crippen molar-refractivity contribution in [1.29, 1.82) is 0 Å². The summed E-state index contributed by atoms with van der Waals surface area (Å²) >= 11 is 0. The maximum atomic E-state index is 11.0. The van der Waals surface area contributed by atoms with E-state index in [9.17, 15) is 10.2 Å². The van der Waals surface area contributed by atoms with Crippen LogP contribution in [0.3, 0.4) is 0 Å². The molecule has 2 N–H and O–H groups in total. The Hall–Kier alpha value is -5.54. The van der Waals surface area contributed by atoms with Crippen LogP contribution in [-0.2, 0) is 19.6 Å². The van der Waals surface area contributed by atoms with Crippen LogP contribution in [0.5, 0.6) is 11.5 Å². The van der Waals surface area contributed by atoms with Crippen LogP contribution in [-0.4, -0.2) is 35.0 Å². The van der Waals surface area contributed by atoms with Gasteiger partial charge in [-0.2, -0.15) is 0 Å². The number of phenolic OH excluding ortho intramolecular Hbond substituents is 2. The lowest BCUT2D eigenvalue weighted by atomic mass is 10.1. The molecule has 0 atom stereocenters. The Bertz CT molecular complexity index is 2010. The second-order valence-corrected chi connectivity index (χ2v) is 10.4. The average Bonchev–Trinajstić information content (AvgIpc) is 3.64. The molecular weight excluding hydrogens is 542 g/mol. The summed E-state index contributed by atoms with van der Waals surface area (Å²) in [5, 5.41) is 22.0. The molecule has 9 heteroatoms. The lowest BCUT2D eigenvalue weighted by Gasteiger charge is -2.22. The van der Waals surface area contributed by atoms with Crippen molar-refractivity contribution >= 4 is 22.2 Å². The van der Waals surface area contributed by atoms with E-state index in [4.69, 9.17) is 13.8 Å². The number of rotatable bonds is 8. The zero-order valence-electron chi connectivity index (χ0n) is 23.3. The Balaban J connectivity index is 1.21. The van der Waals surface area contributed by atoms with E-state index in [1.165, 1.54) is 12.1 Å². The van der Waals surface area contributed by atoms with E-state index < -0.39 is 0 Å². The molecule has 0 unspecified atom stereocenters. The van der Waals surface area contributed by atoms with Crippen molar-refractivity contribution < 1.29 is 19.0 Å². The monoisotopic (exact) mass is 569 g/mol. The number of fused-ring (bicyclic) bond motifs is 2. The van der Waals surface area contributed by atoms with Crippen molar-refractivity contribution in [3.05, 3.63) is 120 Å². The van der Waals surface area contributed by atoms with Gasteiger partial charge in [-0.3, -0.25) is 14.9 Å². The number of benzene rings is 3. The van der Waals surface area contributed by atoms with E-state index in [0.717, 1.165) is 22.5 Å². The smallest absolute Gasteiger partial charge is 0.231 e. The number of aromatic hydroxyl groups is 2. The molecule has 0 saturated carbocycles. The van der Waals surface area contributed by atoms with E-state index in [0.29, 0.717) is 41.8 Å². The van der Waals surface area contributed by atoms with E-state index in [1.807, 2.05) is 79.7 Å². The highest BCUT2D eigenvalue weighted by Gasteiger charge is 2.21. The van der Waals surface area contributed by atoms with Crippen molar-refractivity contribution in [2.45, 2.75) is 26.6 Å². The molecule has 212 valence electrons. The van der Waals surface area contributed by atoms with E-state index in [1.54, 1.807) is 12.4 Å². The quantitative estimate of drug-likeness (QED) is 0.186. The standard InChI is InChI=1S/C34H27N5O4/c1-21-11-12-27-31(15-21)43-33(37-27)25-16-29(41)26(17-28(25)40)34-38-32-22(7-6-10-30(32)42-34)18-39(19-23-8-2-4-13-35-23)20-24-9-3-5-14-36-24/h2-17,40-41H,18-20H2,1H3. The first kappa shape index (κ1) is 26.4. The molecule has 43 heavy (non-hydrogen) atoms. The second kappa shape index (κ2) is 11.0. The zero-order chi connectivity index (χ0) is 29.3. The van der Waals surface area contributed by atoms with Gasteiger partial charge in [0.2, 0.25) is 11.8 Å². The van der Waals surface area contributed by atoms with E-state index >= 15 is 0 Å². The zero-order valence-corrected chi connectivity index (χ0v) is 23.3. The fourth-order valence-corrected chi connectivity index (χ4v) is 5.16. The van der Waals surface area contributed by atoms with Crippen molar-refractivity contribution in [3.63, 3.8) is 0 Å². The third-order valence-electron chi connectivity index (χ3n) is 7.24. The van der Waals surface area contributed by atoms with E-state index in [-0.39, 0.29) is 34.4 Å². The Morgan fingerprint density at radius 1 is 0.651 bits per heavy atom. The number of para-hydroxylation sites is 1. The second-order valence-electron chi connectivity index (χ2n) is 10.4. The topological polar surface area (TPSA) is 122 Å². The molecule has 0 aliphatic heterocycles. The third kappa shape index (κ3) is 5.41. The summed E-state index contributed by atoms with van der Waals surface area (Å²) in [5.41, 5.74) is 6.90. The number of oxazole rings is 2. The van der Waals surface area contributed by atoms with Crippen LogP contribution in [0.15, 0.2) is 106 Å². The minimum Gasteiger partial charge on any atom is -0.507 e. The minimum absolute atomic E-state index is 0.115. The van der Waals surface area contributed by atoms with Gasteiger partial charge in [0, 0.05) is 32.0 Å². The normalized spacial score (nSPS) is 11.6. The van der Waals surface area contributed by atoms with Crippen molar-refractivity contribution in [2.75, 3.05) is 0 Å². The van der Waals surface area contributed by atoms with Gasteiger partial charge in [0.1, 0.15) is 22.5 Å². The number of aryl methyl sites for hydroxylation is 1. The molecule has 7 rings (SSSR count). The molecule has 4 aromatic heterocycles. The number of nitrogens with zero attached hydrogens (tertiary/aromatic N) is 5. The lowest BCUT2D eigenvalue weighted by Crippen LogP contribution is -2.23. The first-order chi connectivity index (χ1) is 21.0. The minimum atomic E-state index is -0.119. The molecule has 0 aliphatic rings. The summed E-state index contributed by atoms with van der Waals surface area (Å²) in [6, 6.07) is 26.0. The fraction of sp³-hybridized carbons (Fsp3) is 0.118. The van der Waals surface area contributed by atoms with Gasteiger partial charge in [0.25, 0.3) is 0 Å². The number of aromatic nitrogens is 4. The molecule has 0 radical (unpaired) electrons. The van der Waals surface area contributed by atoms with Gasteiger partial charge >= 0.3 is 0 Å². The third-order valence-corrected chi connectivity index (χ3v) is 7.24. The highest BCUT2D eigenvalue weighted by Crippen LogP contribution is 2.41. The summed E-state index contributed by atoms with van der Waals surface area (Å²) in [6.07, 6.45) is 3.58. The Morgan fingerprint density at radius 3 is 1.95 bits per heavy atom. The summed E-state index contributed by atoms with van der Waals surface area (Å²) in [5.74, 6) is 0.165. The van der Waals surface area contributed by atoms with Gasteiger partial charge in [-0.1, -0.05) is 30.3 Å². The molecule has 4 heterocycles. The Kier molecular flexibility index (Phi) is 6.76. The maximum absolute atomic E-state index is 11.0. The molecule has 3 aromatic carbocycles. The first-order valence-corrected chi connectivity index (χ1v) is 13.8. The van der Waals surface area contributed by atoms with Crippen molar-refractivity contribution in [3.8, 4) is 34.4 Å². The van der Waals surface area contributed by atoms with Gasteiger partial charge in [0.15, 0.2) is 11.2 Å². The SMILES string of the molecule is Cc1ccc2nc(-c3cc(O)c(-c4nc5c(CN(Cc6ccccn6)Cc6ccccn6)cccc5o4)cc3O)oc2c1. The van der Waals surface area contributed by atoms with Gasteiger partial charge < -0.3 is 19.0 Å². The van der Waals surface area contributed by atoms with Crippen LogP contribution in [0.2, 0.25) is 0 Å². The molecule has 7 aromatic rings. The number of pyridine rings is 2.